The van der Waals surface area contributed by atoms with Crippen molar-refractivity contribution in [2.24, 2.45) is 5.73 Å². The predicted octanol–water partition coefficient (Wildman–Crippen LogP) is 2.57. The Labute approximate surface area is 95.8 Å². The Hall–Kier alpha value is -2.11. The monoisotopic (exact) mass is 241 g/mol. The SMILES string of the molecule is N=C(N)/C=C\C(=N)c1ccccc1C(F)(F)F. The summed E-state index contributed by atoms with van der Waals surface area (Å²) in [5, 5.41) is 14.4. The van der Waals surface area contributed by atoms with Crippen LogP contribution >= 0.6 is 0 Å². The third-order valence-corrected chi connectivity index (χ3v) is 1.95. The predicted molar refractivity (Wildman–Crippen MR) is 59.3 cm³/mol. The minimum atomic E-state index is -4.51. The second-order valence-electron chi connectivity index (χ2n) is 3.25. The maximum absolute atomic E-state index is 12.6. The van der Waals surface area contributed by atoms with Crippen LogP contribution in [0.25, 0.3) is 0 Å². The van der Waals surface area contributed by atoms with E-state index in [1.807, 2.05) is 0 Å². The Morgan fingerprint density at radius 2 is 1.71 bits per heavy atom. The highest BCUT2D eigenvalue weighted by atomic mass is 19.4. The van der Waals surface area contributed by atoms with Gasteiger partial charge in [0.1, 0.15) is 5.84 Å². The van der Waals surface area contributed by atoms with Crippen molar-refractivity contribution in [3.8, 4) is 0 Å². The first-order valence-electron chi connectivity index (χ1n) is 4.59. The van der Waals surface area contributed by atoms with Gasteiger partial charge in [0.05, 0.1) is 11.3 Å². The van der Waals surface area contributed by atoms with Crippen molar-refractivity contribution in [1.82, 2.24) is 0 Å². The van der Waals surface area contributed by atoms with Gasteiger partial charge in [0.25, 0.3) is 0 Å². The lowest BCUT2D eigenvalue weighted by Gasteiger charge is -2.11. The molecule has 1 rings (SSSR count). The highest BCUT2D eigenvalue weighted by molar-refractivity contribution is 6.10. The Balaban J connectivity index is 3.15. The molecular weight excluding hydrogens is 231 g/mol. The molecule has 0 atom stereocenters. The average Bonchev–Trinajstić information content (AvgIpc) is 2.24. The molecule has 0 amide bonds. The summed E-state index contributed by atoms with van der Waals surface area (Å²) < 4.78 is 37.9. The summed E-state index contributed by atoms with van der Waals surface area (Å²) in [6.45, 7) is 0. The van der Waals surface area contributed by atoms with Crippen molar-refractivity contribution in [1.29, 1.82) is 10.8 Å². The van der Waals surface area contributed by atoms with Gasteiger partial charge in [-0.3, -0.25) is 5.41 Å². The second kappa shape index (κ2) is 4.82. The zero-order chi connectivity index (χ0) is 13.1. The molecule has 1 aromatic carbocycles. The van der Waals surface area contributed by atoms with Crippen LogP contribution in [-0.2, 0) is 6.18 Å². The number of halogens is 3. The molecule has 6 heteroatoms. The van der Waals surface area contributed by atoms with Crippen molar-refractivity contribution in [2.75, 3.05) is 0 Å². The summed E-state index contributed by atoms with van der Waals surface area (Å²) in [4.78, 5) is 0. The Morgan fingerprint density at radius 1 is 1.12 bits per heavy atom. The van der Waals surface area contributed by atoms with E-state index in [-0.39, 0.29) is 17.1 Å². The molecule has 0 fully saturated rings. The van der Waals surface area contributed by atoms with E-state index in [9.17, 15) is 13.2 Å². The van der Waals surface area contributed by atoms with Gasteiger partial charge in [0.2, 0.25) is 0 Å². The number of benzene rings is 1. The van der Waals surface area contributed by atoms with Crippen molar-refractivity contribution < 1.29 is 13.2 Å². The van der Waals surface area contributed by atoms with Gasteiger partial charge in [-0.2, -0.15) is 13.2 Å². The molecule has 0 spiro atoms. The lowest BCUT2D eigenvalue weighted by Crippen LogP contribution is -2.12. The molecule has 0 aliphatic rings. The molecule has 0 aliphatic heterocycles. The number of hydrogen-bond donors (Lipinski definition) is 3. The fraction of sp³-hybridized carbons (Fsp3) is 0.0909. The molecule has 0 aromatic heterocycles. The molecule has 1 aromatic rings. The number of alkyl halides is 3. The second-order valence-corrected chi connectivity index (χ2v) is 3.25. The van der Waals surface area contributed by atoms with E-state index in [0.717, 1.165) is 18.2 Å². The summed E-state index contributed by atoms with van der Waals surface area (Å²) in [6, 6.07) is 4.79. The first kappa shape index (κ1) is 13.0. The van der Waals surface area contributed by atoms with Gasteiger partial charge >= 0.3 is 6.18 Å². The average molecular weight is 241 g/mol. The van der Waals surface area contributed by atoms with Crippen LogP contribution in [0.2, 0.25) is 0 Å². The third kappa shape index (κ3) is 3.44. The van der Waals surface area contributed by atoms with E-state index in [1.54, 1.807) is 0 Å². The van der Waals surface area contributed by atoms with Gasteiger partial charge in [0.15, 0.2) is 0 Å². The Kier molecular flexibility index (Phi) is 3.67. The lowest BCUT2D eigenvalue weighted by atomic mass is 10.0. The number of nitrogens with one attached hydrogen (secondary N) is 2. The molecule has 0 saturated carbocycles. The van der Waals surface area contributed by atoms with Crippen LogP contribution in [0.4, 0.5) is 13.2 Å². The molecule has 3 nitrogen and oxygen atoms in total. The first-order chi connectivity index (χ1) is 7.82. The van der Waals surface area contributed by atoms with E-state index in [4.69, 9.17) is 16.6 Å². The fourth-order valence-electron chi connectivity index (χ4n) is 1.23. The maximum atomic E-state index is 12.6. The van der Waals surface area contributed by atoms with Gasteiger partial charge in [-0.05, 0) is 18.2 Å². The quantitative estimate of drug-likeness (QED) is 0.552. The van der Waals surface area contributed by atoms with E-state index in [0.29, 0.717) is 0 Å². The van der Waals surface area contributed by atoms with Crippen LogP contribution < -0.4 is 5.73 Å². The summed E-state index contributed by atoms with van der Waals surface area (Å²) in [5.41, 5.74) is 3.57. The molecule has 0 radical (unpaired) electrons. The molecular formula is C11H10F3N3. The van der Waals surface area contributed by atoms with Crippen LogP contribution in [0.3, 0.4) is 0 Å². The van der Waals surface area contributed by atoms with Crippen molar-refractivity contribution in [3.63, 3.8) is 0 Å². The smallest absolute Gasteiger partial charge is 0.384 e. The van der Waals surface area contributed by atoms with Gasteiger partial charge < -0.3 is 11.1 Å². The van der Waals surface area contributed by atoms with Gasteiger partial charge in [-0.1, -0.05) is 18.2 Å². The summed E-state index contributed by atoms with van der Waals surface area (Å²) in [5.74, 6) is -0.320. The molecule has 17 heavy (non-hydrogen) atoms. The molecule has 0 saturated heterocycles. The fourth-order valence-corrected chi connectivity index (χ4v) is 1.23. The molecule has 0 bridgehead atoms. The molecule has 0 unspecified atom stereocenters. The number of amidine groups is 1. The lowest BCUT2D eigenvalue weighted by molar-refractivity contribution is -0.137. The van der Waals surface area contributed by atoms with E-state index in [2.05, 4.69) is 0 Å². The number of hydrogen-bond acceptors (Lipinski definition) is 2. The van der Waals surface area contributed by atoms with Crippen LogP contribution in [0.5, 0.6) is 0 Å². The molecule has 90 valence electrons. The number of rotatable bonds is 3. The van der Waals surface area contributed by atoms with Crippen LogP contribution in [0.15, 0.2) is 36.4 Å². The van der Waals surface area contributed by atoms with E-state index >= 15 is 0 Å². The van der Waals surface area contributed by atoms with Crippen LogP contribution in [-0.4, -0.2) is 11.5 Å². The highest BCUT2D eigenvalue weighted by Gasteiger charge is 2.33. The maximum Gasteiger partial charge on any atom is 0.417 e. The van der Waals surface area contributed by atoms with Crippen molar-refractivity contribution in [2.45, 2.75) is 6.18 Å². The van der Waals surface area contributed by atoms with Crippen molar-refractivity contribution in [3.05, 3.63) is 47.5 Å². The van der Waals surface area contributed by atoms with Crippen LogP contribution in [0, 0.1) is 10.8 Å². The zero-order valence-corrected chi connectivity index (χ0v) is 8.68. The van der Waals surface area contributed by atoms with E-state index in [1.165, 1.54) is 18.2 Å². The summed E-state index contributed by atoms with van der Waals surface area (Å²) >= 11 is 0. The number of allylic oxidation sites excluding steroid dienone is 1. The zero-order valence-electron chi connectivity index (χ0n) is 8.68. The largest absolute Gasteiger partial charge is 0.417 e. The first-order valence-corrected chi connectivity index (χ1v) is 4.59. The Bertz CT molecular complexity index is 475. The van der Waals surface area contributed by atoms with Gasteiger partial charge in [-0.15, -0.1) is 0 Å². The summed E-state index contributed by atoms with van der Waals surface area (Å²) in [6.07, 6.45) is -2.38. The number of nitrogens with two attached hydrogens (primary N) is 1. The van der Waals surface area contributed by atoms with Crippen molar-refractivity contribution >= 4 is 11.5 Å². The van der Waals surface area contributed by atoms with Gasteiger partial charge in [-0.25, -0.2) is 0 Å². The Morgan fingerprint density at radius 3 is 2.24 bits per heavy atom. The minimum Gasteiger partial charge on any atom is -0.384 e. The molecule has 0 aliphatic carbocycles. The molecule has 0 heterocycles. The highest BCUT2D eigenvalue weighted by Crippen LogP contribution is 2.32. The van der Waals surface area contributed by atoms with Gasteiger partial charge in [0, 0.05) is 5.56 Å². The third-order valence-electron chi connectivity index (χ3n) is 1.95. The standard InChI is InChI=1S/C11H10F3N3/c12-11(13,14)8-4-2-1-3-7(8)9(15)5-6-10(16)17/h1-6,15H,(H3,16,17)/b6-5-,15-9?. The van der Waals surface area contributed by atoms with Crippen LogP contribution in [0.1, 0.15) is 11.1 Å². The molecule has 4 N–H and O–H groups in total. The minimum absolute atomic E-state index is 0.238. The van der Waals surface area contributed by atoms with E-state index < -0.39 is 11.7 Å². The normalized spacial score (nSPS) is 11.7. The summed E-state index contributed by atoms with van der Waals surface area (Å²) in [7, 11) is 0. The topological polar surface area (TPSA) is 73.7 Å².